The minimum atomic E-state index is -0.249. The number of rotatable bonds is 6. The Balaban J connectivity index is 2.08. The molecule has 2 aromatic rings. The topological polar surface area (TPSA) is 79.8 Å². The van der Waals surface area contributed by atoms with Crippen LogP contribution in [0.1, 0.15) is 22.0 Å². The molecule has 0 saturated heterocycles. The van der Waals surface area contributed by atoms with Crippen LogP contribution < -0.4 is 10.6 Å². The SMILES string of the molecule is C=CCNC(=O)c1cc(NCc2ccccn2)nc(C)n1. The third-order valence-electron chi connectivity index (χ3n) is 2.65. The molecule has 0 saturated carbocycles. The van der Waals surface area contributed by atoms with E-state index in [0.717, 1.165) is 5.69 Å². The first-order chi connectivity index (χ1) is 10.2. The number of nitrogens with one attached hydrogen (secondary N) is 2. The minimum Gasteiger partial charge on any atom is -0.364 e. The molecule has 0 fully saturated rings. The fourth-order valence-electron chi connectivity index (χ4n) is 1.71. The monoisotopic (exact) mass is 283 g/mol. The largest absolute Gasteiger partial charge is 0.364 e. The lowest BCUT2D eigenvalue weighted by molar-refractivity contribution is 0.0952. The highest BCUT2D eigenvalue weighted by Crippen LogP contribution is 2.08. The van der Waals surface area contributed by atoms with Gasteiger partial charge >= 0.3 is 0 Å². The predicted molar refractivity (Wildman–Crippen MR) is 80.9 cm³/mol. The van der Waals surface area contributed by atoms with E-state index in [4.69, 9.17) is 0 Å². The van der Waals surface area contributed by atoms with Crippen LogP contribution in [0.2, 0.25) is 0 Å². The van der Waals surface area contributed by atoms with E-state index in [9.17, 15) is 4.79 Å². The molecule has 6 nitrogen and oxygen atoms in total. The molecule has 0 spiro atoms. The molecule has 1 amide bonds. The van der Waals surface area contributed by atoms with Gasteiger partial charge in [0.1, 0.15) is 17.3 Å². The first-order valence-corrected chi connectivity index (χ1v) is 6.57. The number of carbonyl (C=O) groups is 1. The van der Waals surface area contributed by atoms with Crippen LogP contribution in [0, 0.1) is 6.92 Å². The fourth-order valence-corrected chi connectivity index (χ4v) is 1.71. The standard InChI is InChI=1S/C15H17N5O/c1-3-7-17-15(21)13-9-14(20-11(2)19-13)18-10-12-6-4-5-8-16-12/h3-6,8-9H,1,7,10H2,2H3,(H,17,21)(H,18,19,20). The van der Waals surface area contributed by atoms with Gasteiger partial charge in [-0.2, -0.15) is 0 Å². The Labute approximate surface area is 123 Å². The van der Waals surface area contributed by atoms with Crippen molar-refractivity contribution in [3.05, 3.63) is 60.3 Å². The fraction of sp³-hybridized carbons (Fsp3) is 0.200. The van der Waals surface area contributed by atoms with Gasteiger partial charge in [0.25, 0.3) is 5.91 Å². The van der Waals surface area contributed by atoms with Gasteiger partial charge in [0, 0.05) is 18.8 Å². The average molecular weight is 283 g/mol. The Kier molecular flexibility index (Phi) is 4.98. The maximum absolute atomic E-state index is 11.9. The van der Waals surface area contributed by atoms with E-state index in [1.54, 1.807) is 25.3 Å². The molecule has 2 aromatic heterocycles. The molecule has 2 heterocycles. The number of hydrogen-bond donors (Lipinski definition) is 2. The molecule has 0 aliphatic rings. The molecule has 0 radical (unpaired) electrons. The van der Waals surface area contributed by atoms with Crippen LogP contribution in [0.5, 0.6) is 0 Å². The number of nitrogens with zero attached hydrogens (tertiary/aromatic N) is 3. The van der Waals surface area contributed by atoms with E-state index in [1.807, 2.05) is 18.2 Å². The van der Waals surface area contributed by atoms with Crippen LogP contribution >= 0.6 is 0 Å². The smallest absolute Gasteiger partial charge is 0.270 e. The first kappa shape index (κ1) is 14.6. The summed E-state index contributed by atoms with van der Waals surface area (Å²) in [7, 11) is 0. The van der Waals surface area contributed by atoms with Crippen LogP contribution in [0.15, 0.2) is 43.1 Å². The highest BCUT2D eigenvalue weighted by Gasteiger charge is 2.09. The van der Waals surface area contributed by atoms with Gasteiger partial charge in [-0.1, -0.05) is 12.1 Å². The van der Waals surface area contributed by atoms with E-state index in [-0.39, 0.29) is 5.91 Å². The van der Waals surface area contributed by atoms with Crippen molar-refractivity contribution in [1.82, 2.24) is 20.3 Å². The van der Waals surface area contributed by atoms with Crippen molar-refractivity contribution in [1.29, 1.82) is 0 Å². The summed E-state index contributed by atoms with van der Waals surface area (Å²) < 4.78 is 0. The Morgan fingerprint density at radius 1 is 1.38 bits per heavy atom. The van der Waals surface area contributed by atoms with Gasteiger partial charge < -0.3 is 10.6 Å². The Morgan fingerprint density at radius 3 is 2.95 bits per heavy atom. The van der Waals surface area contributed by atoms with Crippen LogP contribution in [0.3, 0.4) is 0 Å². The summed E-state index contributed by atoms with van der Waals surface area (Å²) in [6.45, 7) is 6.24. The summed E-state index contributed by atoms with van der Waals surface area (Å²) in [6, 6.07) is 7.32. The summed E-state index contributed by atoms with van der Waals surface area (Å²) in [5, 5.41) is 5.83. The number of pyridine rings is 1. The van der Waals surface area contributed by atoms with E-state index < -0.39 is 0 Å². The molecule has 0 aliphatic heterocycles. The molecule has 21 heavy (non-hydrogen) atoms. The highest BCUT2D eigenvalue weighted by molar-refractivity contribution is 5.93. The number of hydrogen-bond acceptors (Lipinski definition) is 5. The van der Waals surface area contributed by atoms with Crippen molar-refractivity contribution in [2.75, 3.05) is 11.9 Å². The third kappa shape index (κ3) is 4.38. The molecule has 0 aliphatic carbocycles. The third-order valence-corrected chi connectivity index (χ3v) is 2.65. The number of amides is 1. The Morgan fingerprint density at radius 2 is 2.24 bits per heavy atom. The number of carbonyl (C=O) groups excluding carboxylic acids is 1. The zero-order valence-corrected chi connectivity index (χ0v) is 11.8. The van der Waals surface area contributed by atoms with Crippen LogP contribution in [0.25, 0.3) is 0 Å². The van der Waals surface area contributed by atoms with Crippen molar-refractivity contribution in [3.63, 3.8) is 0 Å². The molecule has 108 valence electrons. The lowest BCUT2D eigenvalue weighted by atomic mass is 10.3. The van der Waals surface area contributed by atoms with Gasteiger partial charge in [0.15, 0.2) is 0 Å². The molecule has 0 bridgehead atoms. The Bertz CT molecular complexity index is 627. The first-order valence-electron chi connectivity index (χ1n) is 6.57. The van der Waals surface area contributed by atoms with Gasteiger partial charge in [-0.15, -0.1) is 6.58 Å². The van der Waals surface area contributed by atoms with Crippen LogP contribution in [-0.2, 0) is 6.54 Å². The maximum Gasteiger partial charge on any atom is 0.270 e. The second kappa shape index (κ2) is 7.14. The van der Waals surface area contributed by atoms with Crippen molar-refractivity contribution >= 4 is 11.7 Å². The lowest BCUT2D eigenvalue weighted by Crippen LogP contribution is -2.25. The zero-order chi connectivity index (χ0) is 15.1. The van der Waals surface area contributed by atoms with Gasteiger partial charge in [0.05, 0.1) is 12.2 Å². The molecular weight excluding hydrogens is 266 g/mol. The van der Waals surface area contributed by atoms with Gasteiger partial charge in [0.2, 0.25) is 0 Å². The molecule has 6 heteroatoms. The number of aryl methyl sites for hydroxylation is 1. The van der Waals surface area contributed by atoms with Gasteiger partial charge in [-0.3, -0.25) is 9.78 Å². The van der Waals surface area contributed by atoms with E-state index in [1.165, 1.54) is 0 Å². The molecule has 0 aromatic carbocycles. The summed E-state index contributed by atoms with van der Waals surface area (Å²) in [5.41, 5.74) is 1.22. The van der Waals surface area contributed by atoms with Gasteiger partial charge in [-0.05, 0) is 19.1 Å². The van der Waals surface area contributed by atoms with Crippen molar-refractivity contribution in [2.24, 2.45) is 0 Å². The van der Waals surface area contributed by atoms with Crippen molar-refractivity contribution < 1.29 is 4.79 Å². The van der Waals surface area contributed by atoms with Gasteiger partial charge in [-0.25, -0.2) is 9.97 Å². The molecule has 0 unspecified atom stereocenters. The summed E-state index contributed by atoms with van der Waals surface area (Å²) in [5.74, 6) is 0.878. The quantitative estimate of drug-likeness (QED) is 0.789. The zero-order valence-electron chi connectivity index (χ0n) is 11.8. The number of anilines is 1. The minimum absolute atomic E-state index is 0.249. The molecule has 2 rings (SSSR count). The summed E-state index contributed by atoms with van der Waals surface area (Å²) in [6.07, 6.45) is 3.35. The van der Waals surface area contributed by atoms with E-state index >= 15 is 0 Å². The second-order valence-corrected chi connectivity index (χ2v) is 4.36. The normalized spacial score (nSPS) is 9.95. The summed E-state index contributed by atoms with van der Waals surface area (Å²) in [4.78, 5) is 24.5. The van der Waals surface area contributed by atoms with E-state index in [0.29, 0.717) is 30.4 Å². The predicted octanol–water partition coefficient (Wildman–Crippen LogP) is 1.71. The van der Waals surface area contributed by atoms with Crippen molar-refractivity contribution in [2.45, 2.75) is 13.5 Å². The molecule has 2 N–H and O–H groups in total. The second-order valence-electron chi connectivity index (χ2n) is 4.36. The van der Waals surface area contributed by atoms with E-state index in [2.05, 4.69) is 32.2 Å². The molecule has 0 atom stereocenters. The van der Waals surface area contributed by atoms with Crippen LogP contribution in [0.4, 0.5) is 5.82 Å². The lowest BCUT2D eigenvalue weighted by Gasteiger charge is -2.08. The maximum atomic E-state index is 11.9. The number of aromatic nitrogens is 3. The average Bonchev–Trinajstić information content (AvgIpc) is 2.51. The highest BCUT2D eigenvalue weighted by atomic mass is 16.1. The summed E-state index contributed by atoms with van der Waals surface area (Å²) >= 11 is 0. The Hall–Kier alpha value is -2.76. The van der Waals surface area contributed by atoms with Crippen molar-refractivity contribution in [3.8, 4) is 0 Å². The molecular formula is C15H17N5O. The van der Waals surface area contributed by atoms with Crippen LogP contribution in [-0.4, -0.2) is 27.4 Å².